The van der Waals surface area contributed by atoms with E-state index < -0.39 is 37.3 Å². The average molecular weight is 566 g/mol. The number of hydrogen-bond acceptors (Lipinski definition) is 7. The minimum atomic E-state index is -3.05. The van der Waals surface area contributed by atoms with Crippen molar-refractivity contribution in [3.8, 4) is 17.0 Å². The Bertz CT molecular complexity index is 1580. The van der Waals surface area contributed by atoms with Crippen LogP contribution in [-0.4, -0.2) is 86.4 Å². The van der Waals surface area contributed by atoms with Crippen molar-refractivity contribution >= 4 is 22.5 Å². The van der Waals surface area contributed by atoms with Crippen LogP contribution in [0.15, 0.2) is 24.4 Å². The number of piperidine rings is 1. The Hall–Kier alpha value is -3.52. The topological polar surface area (TPSA) is 81.7 Å². The summed E-state index contributed by atoms with van der Waals surface area (Å²) in [5.41, 5.74) is 1.04. The van der Waals surface area contributed by atoms with Crippen LogP contribution in [0.5, 0.6) is 5.88 Å². The van der Waals surface area contributed by atoms with Gasteiger partial charge in [-0.2, -0.15) is 4.98 Å². The third-order valence-electron chi connectivity index (χ3n) is 7.79. The van der Waals surface area contributed by atoms with Crippen molar-refractivity contribution in [1.29, 1.82) is 0 Å². The minimum absolute atomic E-state index is 0.00841. The van der Waals surface area contributed by atoms with Gasteiger partial charge in [-0.25, -0.2) is 31.5 Å². The quantitative estimate of drug-likeness (QED) is 0.333. The summed E-state index contributed by atoms with van der Waals surface area (Å²) in [5.74, 6) is -3.42. The van der Waals surface area contributed by atoms with Crippen molar-refractivity contribution in [2.75, 3.05) is 38.7 Å². The van der Waals surface area contributed by atoms with Crippen LogP contribution in [0.4, 0.5) is 27.9 Å². The average Bonchev–Trinajstić information content (AvgIpc) is 3.44. The lowest BCUT2D eigenvalue weighted by molar-refractivity contribution is -0.174. The number of anilines is 1. The molecule has 14 heteroatoms. The smallest absolute Gasteiger partial charge is 0.280 e. The van der Waals surface area contributed by atoms with Gasteiger partial charge in [-0.05, 0) is 44.0 Å². The molecule has 5 heterocycles. The molecule has 214 valence electrons. The molecular formula is C26H28F5N7O2. The number of alkyl halides is 4. The maximum Gasteiger partial charge on any atom is 0.280 e. The Kier molecular flexibility index (Phi) is 6.37. The van der Waals surface area contributed by atoms with E-state index in [1.54, 1.807) is 23.2 Å². The lowest BCUT2D eigenvalue weighted by Crippen LogP contribution is -2.67. The summed E-state index contributed by atoms with van der Waals surface area (Å²) in [6.07, 6.45) is -0.900. The summed E-state index contributed by atoms with van der Waals surface area (Å²) in [6.45, 7) is 3.75. The first-order valence-electron chi connectivity index (χ1n) is 12.8. The molecule has 0 aliphatic carbocycles. The predicted molar refractivity (Wildman–Crippen MR) is 137 cm³/mol. The molecule has 1 atom stereocenters. The Balaban J connectivity index is 1.33. The molecule has 4 aromatic rings. The van der Waals surface area contributed by atoms with Gasteiger partial charge >= 0.3 is 0 Å². The molecule has 2 fully saturated rings. The number of hydrogen-bond donors (Lipinski definition) is 1. The molecule has 6 rings (SSSR count). The second-order valence-corrected chi connectivity index (χ2v) is 10.6. The maximum absolute atomic E-state index is 15.2. The third-order valence-corrected chi connectivity index (χ3v) is 7.79. The molecule has 0 bridgehead atoms. The van der Waals surface area contributed by atoms with Gasteiger partial charge in [0.15, 0.2) is 5.82 Å². The predicted octanol–water partition coefficient (Wildman–Crippen LogP) is 4.38. The standard InChI is InChI=1S/C26H28F5N7O2/c1-14-32-21-17(27)8-15(9-18(21)37(14)10-20(28)29)16-4-7-38-22(16)23(39-3)34-24(35-38)33-19-5-6-36(11-26(19,30)31)25(2)12-40-13-25/h4,7-9,19-20H,5-6,10-13H2,1-3H3,(H,33,35). The molecule has 2 aliphatic rings. The van der Waals surface area contributed by atoms with Crippen molar-refractivity contribution in [3.05, 3.63) is 36.0 Å². The van der Waals surface area contributed by atoms with Gasteiger partial charge in [0.1, 0.15) is 16.9 Å². The molecule has 3 aromatic heterocycles. The second-order valence-electron chi connectivity index (χ2n) is 10.6. The van der Waals surface area contributed by atoms with E-state index in [1.807, 2.05) is 6.92 Å². The number of methoxy groups -OCH3 is 1. The van der Waals surface area contributed by atoms with Crippen LogP contribution in [-0.2, 0) is 11.3 Å². The zero-order chi connectivity index (χ0) is 28.4. The highest BCUT2D eigenvalue weighted by atomic mass is 19.3. The van der Waals surface area contributed by atoms with Gasteiger partial charge in [-0.15, -0.1) is 5.10 Å². The Morgan fingerprint density at radius 3 is 2.65 bits per heavy atom. The largest absolute Gasteiger partial charge is 0.479 e. The first-order chi connectivity index (χ1) is 19.0. The van der Waals surface area contributed by atoms with E-state index in [-0.39, 0.29) is 40.6 Å². The number of benzene rings is 1. The van der Waals surface area contributed by atoms with Gasteiger partial charge in [0.25, 0.3) is 12.3 Å². The summed E-state index contributed by atoms with van der Waals surface area (Å²) >= 11 is 0. The van der Waals surface area contributed by atoms with E-state index >= 15 is 13.2 Å². The number of likely N-dealkylation sites (tertiary alicyclic amines) is 1. The first kappa shape index (κ1) is 26.7. The number of fused-ring (bicyclic) bond motifs is 2. The van der Waals surface area contributed by atoms with E-state index in [1.165, 1.54) is 29.2 Å². The van der Waals surface area contributed by atoms with Crippen LogP contribution in [0.1, 0.15) is 19.2 Å². The molecule has 0 spiro atoms. The first-order valence-corrected chi connectivity index (χ1v) is 12.8. The van der Waals surface area contributed by atoms with Gasteiger partial charge in [0, 0.05) is 18.3 Å². The molecule has 1 unspecified atom stereocenters. The summed E-state index contributed by atoms with van der Waals surface area (Å²) in [4.78, 5) is 10.2. The molecule has 2 aliphatic heterocycles. The van der Waals surface area contributed by atoms with E-state index in [2.05, 4.69) is 20.4 Å². The number of halogens is 5. The summed E-state index contributed by atoms with van der Waals surface area (Å²) in [5, 5.41) is 7.15. The fourth-order valence-corrected chi connectivity index (χ4v) is 5.56. The zero-order valence-corrected chi connectivity index (χ0v) is 22.1. The molecule has 0 amide bonds. The van der Waals surface area contributed by atoms with Crippen LogP contribution >= 0.6 is 0 Å². The van der Waals surface area contributed by atoms with E-state index in [9.17, 15) is 8.78 Å². The molecule has 40 heavy (non-hydrogen) atoms. The monoisotopic (exact) mass is 565 g/mol. The van der Waals surface area contributed by atoms with Crippen LogP contribution < -0.4 is 10.1 Å². The number of aromatic nitrogens is 5. The second kappa shape index (κ2) is 9.54. The number of imidazole rings is 1. The van der Waals surface area contributed by atoms with Crippen LogP contribution in [0.2, 0.25) is 0 Å². The summed E-state index contributed by atoms with van der Waals surface area (Å²) < 4.78 is 85.2. The fraction of sp³-hybridized carbons (Fsp3) is 0.500. The molecule has 0 saturated carbocycles. The third kappa shape index (κ3) is 4.42. The van der Waals surface area contributed by atoms with Gasteiger partial charge in [0.2, 0.25) is 11.8 Å². The molecule has 9 nitrogen and oxygen atoms in total. The zero-order valence-electron chi connectivity index (χ0n) is 22.1. The number of nitrogens with zero attached hydrogens (tertiary/aromatic N) is 6. The highest BCUT2D eigenvalue weighted by Crippen LogP contribution is 2.37. The van der Waals surface area contributed by atoms with Crippen molar-refractivity contribution < 1.29 is 31.4 Å². The number of aryl methyl sites for hydroxylation is 1. The van der Waals surface area contributed by atoms with E-state index in [0.29, 0.717) is 36.4 Å². The van der Waals surface area contributed by atoms with Crippen molar-refractivity contribution in [2.45, 2.75) is 50.7 Å². The van der Waals surface area contributed by atoms with E-state index in [0.717, 1.165) is 0 Å². The number of nitrogens with one attached hydrogen (secondary N) is 1. The van der Waals surface area contributed by atoms with Gasteiger partial charge in [0.05, 0.1) is 50.5 Å². The highest BCUT2D eigenvalue weighted by Gasteiger charge is 2.51. The number of ether oxygens (including phenoxy) is 2. The molecule has 1 aromatic carbocycles. The van der Waals surface area contributed by atoms with Gasteiger partial charge < -0.3 is 19.4 Å². The van der Waals surface area contributed by atoms with Gasteiger partial charge in [-0.1, -0.05) is 0 Å². The van der Waals surface area contributed by atoms with Crippen LogP contribution in [0.25, 0.3) is 27.7 Å². The normalized spacial score (nSPS) is 20.8. The van der Waals surface area contributed by atoms with E-state index in [4.69, 9.17) is 9.47 Å². The molecule has 2 saturated heterocycles. The lowest BCUT2D eigenvalue weighted by atomic mass is 9.91. The lowest BCUT2D eigenvalue weighted by Gasteiger charge is -2.51. The fourth-order valence-electron chi connectivity index (χ4n) is 5.56. The van der Waals surface area contributed by atoms with Gasteiger partial charge in [-0.3, -0.25) is 4.90 Å². The highest BCUT2D eigenvalue weighted by molar-refractivity contribution is 5.90. The molecular weight excluding hydrogens is 537 g/mol. The minimum Gasteiger partial charge on any atom is -0.479 e. The Morgan fingerprint density at radius 1 is 1.23 bits per heavy atom. The van der Waals surface area contributed by atoms with Crippen molar-refractivity contribution in [2.24, 2.45) is 0 Å². The Morgan fingerprint density at radius 2 is 2.00 bits per heavy atom. The van der Waals surface area contributed by atoms with Crippen LogP contribution in [0.3, 0.4) is 0 Å². The Labute approximate surface area is 225 Å². The summed E-state index contributed by atoms with van der Waals surface area (Å²) in [6, 6.07) is 3.28. The van der Waals surface area contributed by atoms with Crippen molar-refractivity contribution in [1.82, 2.24) is 29.0 Å². The molecule has 0 radical (unpaired) electrons. The molecule has 1 N–H and O–H groups in total. The van der Waals surface area contributed by atoms with Crippen LogP contribution in [0, 0.1) is 12.7 Å². The number of rotatable bonds is 7. The SMILES string of the molecule is COc1nc(NC2CCN(C3(C)COC3)CC2(F)F)nn2ccc(-c3cc(F)c4nc(C)n(CC(F)F)c4c3)c12. The summed E-state index contributed by atoms with van der Waals surface area (Å²) in [7, 11) is 1.38. The van der Waals surface area contributed by atoms with Crippen molar-refractivity contribution in [3.63, 3.8) is 0 Å². The maximum atomic E-state index is 15.2.